The second-order valence-corrected chi connectivity index (χ2v) is 3.71. The van der Waals surface area contributed by atoms with E-state index in [9.17, 15) is 4.79 Å². The van der Waals surface area contributed by atoms with Crippen LogP contribution in [0.4, 0.5) is 0 Å². The molecule has 0 aliphatic carbocycles. The van der Waals surface area contributed by atoms with Gasteiger partial charge in [-0.2, -0.15) is 0 Å². The highest BCUT2D eigenvalue weighted by molar-refractivity contribution is 6.06. The van der Waals surface area contributed by atoms with E-state index in [0.717, 1.165) is 0 Å². The average Bonchev–Trinajstić information content (AvgIpc) is 2.34. The normalized spacial score (nSPS) is 10.4. The number of benzene rings is 1. The Balaban J connectivity index is 3.05. The van der Waals surface area contributed by atoms with Crippen molar-refractivity contribution in [2.24, 2.45) is 0 Å². The molecule has 1 aromatic carbocycles. The lowest BCUT2D eigenvalue weighted by Gasteiger charge is -2.08. The molecule has 0 bridgehead atoms. The largest absolute Gasteiger partial charge is 0.497 e. The summed E-state index contributed by atoms with van der Waals surface area (Å²) < 4.78 is 10.2. The van der Waals surface area contributed by atoms with Crippen molar-refractivity contribution < 1.29 is 14.3 Å². The third-order valence-electron chi connectivity index (χ3n) is 2.20. The number of nitrogens with zero attached hydrogens (tertiary/aromatic N) is 1. The van der Waals surface area contributed by atoms with Crippen LogP contribution in [0.3, 0.4) is 0 Å². The van der Waals surface area contributed by atoms with Crippen LogP contribution < -0.4 is 9.47 Å². The molecule has 0 unspecified atom stereocenters. The summed E-state index contributed by atoms with van der Waals surface area (Å²) in [6, 6.07) is 5.14. The molecule has 0 atom stereocenters. The number of allylic oxidation sites excluding steroid dienone is 1. The van der Waals surface area contributed by atoms with Crippen molar-refractivity contribution in [3.8, 4) is 11.5 Å². The fourth-order valence-corrected chi connectivity index (χ4v) is 1.31. The highest BCUT2D eigenvalue weighted by Crippen LogP contribution is 2.24. The molecule has 0 aromatic heterocycles. The second-order valence-electron chi connectivity index (χ2n) is 3.71. The van der Waals surface area contributed by atoms with Gasteiger partial charge in [-0.05, 0) is 18.2 Å². The van der Waals surface area contributed by atoms with Gasteiger partial charge in [0, 0.05) is 26.4 Å². The molecule has 4 heteroatoms. The van der Waals surface area contributed by atoms with Crippen molar-refractivity contribution in [3.63, 3.8) is 0 Å². The average molecular weight is 235 g/mol. The molecule has 4 nitrogen and oxygen atoms in total. The van der Waals surface area contributed by atoms with Gasteiger partial charge < -0.3 is 14.4 Å². The summed E-state index contributed by atoms with van der Waals surface area (Å²) in [5, 5.41) is 0. The molecule has 0 aliphatic heterocycles. The second kappa shape index (κ2) is 5.94. The summed E-state index contributed by atoms with van der Waals surface area (Å²) in [7, 11) is 6.80. The number of ether oxygens (including phenoxy) is 2. The fraction of sp³-hybridized carbons (Fsp3) is 0.308. The Labute approximate surface area is 101 Å². The van der Waals surface area contributed by atoms with Crippen molar-refractivity contribution in [2.75, 3.05) is 28.3 Å². The molecule has 92 valence electrons. The predicted octanol–water partition coefficient (Wildman–Crippen LogP) is 1.96. The van der Waals surface area contributed by atoms with Crippen LogP contribution in [-0.2, 0) is 0 Å². The van der Waals surface area contributed by atoms with Gasteiger partial charge in [-0.3, -0.25) is 4.79 Å². The molecule has 0 amide bonds. The first-order chi connectivity index (χ1) is 8.08. The van der Waals surface area contributed by atoms with Crippen molar-refractivity contribution in [1.82, 2.24) is 4.90 Å². The lowest BCUT2D eigenvalue weighted by molar-refractivity contribution is 0.104. The standard InChI is InChI=1S/C13H17NO3/c1-14(2)8-7-12(15)11-9-10(16-3)5-6-13(11)17-4/h5-9H,1-4H3/b8-7+. The van der Waals surface area contributed by atoms with Crippen molar-refractivity contribution in [2.45, 2.75) is 0 Å². The fourth-order valence-electron chi connectivity index (χ4n) is 1.31. The van der Waals surface area contributed by atoms with E-state index in [-0.39, 0.29) is 5.78 Å². The lowest BCUT2D eigenvalue weighted by atomic mass is 10.1. The number of ketones is 1. The first-order valence-electron chi connectivity index (χ1n) is 5.19. The SMILES string of the molecule is COc1ccc(OC)c(C(=O)/C=C/N(C)C)c1. The summed E-state index contributed by atoms with van der Waals surface area (Å²) in [6.07, 6.45) is 3.19. The van der Waals surface area contributed by atoms with E-state index in [2.05, 4.69) is 0 Å². The number of carbonyl (C=O) groups excluding carboxylic acids is 1. The Morgan fingerprint density at radius 2 is 1.94 bits per heavy atom. The quantitative estimate of drug-likeness (QED) is 0.577. The van der Waals surface area contributed by atoms with Crippen LogP contribution in [0.1, 0.15) is 10.4 Å². The predicted molar refractivity (Wildman–Crippen MR) is 66.7 cm³/mol. The Bertz CT molecular complexity index is 425. The minimum absolute atomic E-state index is 0.116. The van der Waals surface area contributed by atoms with E-state index < -0.39 is 0 Å². The van der Waals surface area contributed by atoms with Gasteiger partial charge in [0.1, 0.15) is 11.5 Å². The van der Waals surface area contributed by atoms with Gasteiger partial charge in [0.05, 0.1) is 19.8 Å². The smallest absolute Gasteiger partial charge is 0.191 e. The molecular formula is C13H17NO3. The molecule has 0 spiro atoms. The van der Waals surface area contributed by atoms with Crippen LogP contribution in [0.2, 0.25) is 0 Å². The van der Waals surface area contributed by atoms with Gasteiger partial charge >= 0.3 is 0 Å². The third kappa shape index (κ3) is 3.52. The number of carbonyl (C=O) groups is 1. The molecule has 0 fully saturated rings. The van der Waals surface area contributed by atoms with E-state index in [1.54, 1.807) is 36.4 Å². The van der Waals surface area contributed by atoms with E-state index in [1.165, 1.54) is 13.2 Å². The highest BCUT2D eigenvalue weighted by Gasteiger charge is 2.10. The number of hydrogen-bond donors (Lipinski definition) is 0. The monoisotopic (exact) mass is 235 g/mol. The van der Waals surface area contributed by atoms with Crippen LogP contribution in [-0.4, -0.2) is 39.0 Å². The Morgan fingerprint density at radius 1 is 1.24 bits per heavy atom. The van der Waals surface area contributed by atoms with Gasteiger partial charge in [-0.1, -0.05) is 0 Å². The highest BCUT2D eigenvalue weighted by atomic mass is 16.5. The van der Waals surface area contributed by atoms with Gasteiger partial charge in [-0.15, -0.1) is 0 Å². The van der Waals surface area contributed by atoms with Crippen LogP contribution in [0.25, 0.3) is 0 Å². The molecule has 1 aromatic rings. The van der Waals surface area contributed by atoms with E-state index >= 15 is 0 Å². The molecule has 0 saturated heterocycles. The molecule has 0 aliphatic rings. The van der Waals surface area contributed by atoms with Gasteiger partial charge in [0.2, 0.25) is 0 Å². The van der Waals surface area contributed by atoms with Crippen molar-refractivity contribution in [1.29, 1.82) is 0 Å². The van der Waals surface area contributed by atoms with Crippen molar-refractivity contribution >= 4 is 5.78 Å². The topological polar surface area (TPSA) is 38.8 Å². The Hall–Kier alpha value is -1.97. The Kier molecular flexibility index (Phi) is 4.57. The molecule has 17 heavy (non-hydrogen) atoms. The molecule has 0 radical (unpaired) electrons. The Morgan fingerprint density at radius 3 is 2.47 bits per heavy atom. The minimum atomic E-state index is -0.116. The molecule has 0 heterocycles. The summed E-state index contributed by atoms with van der Waals surface area (Å²) in [5.41, 5.74) is 0.491. The van der Waals surface area contributed by atoms with E-state index in [1.807, 2.05) is 14.1 Å². The minimum Gasteiger partial charge on any atom is -0.497 e. The number of rotatable bonds is 5. The zero-order chi connectivity index (χ0) is 12.8. The maximum atomic E-state index is 11.9. The maximum absolute atomic E-state index is 11.9. The summed E-state index contributed by atoms with van der Waals surface area (Å²) in [4.78, 5) is 13.7. The maximum Gasteiger partial charge on any atom is 0.191 e. The summed E-state index contributed by atoms with van der Waals surface area (Å²) >= 11 is 0. The van der Waals surface area contributed by atoms with Crippen LogP contribution in [0.5, 0.6) is 11.5 Å². The summed E-state index contributed by atoms with van der Waals surface area (Å²) in [6.45, 7) is 0. The molecule has 0 saturated carbocycles. The van der Waals surface area contributed by atoms with Crippen LogP contribution >= 0.6 is 0 Å². The first kappa shape index (κ1) is 13.1. The van der Waals surface area contributed by atoms with Gasteiger partial charge in [0.15, 0.2) is 5.78 Å². The molecular weight excluding hydrogens is 218 g/mol. The molecule has 0 N–H and O–H groups in total. The third-order valence-corrected chi connectivity index (χ3v) is 2.20. The first-order valence-corrected chi connectivity index (χ1v) is 5.19. The number of hydrogen-bond acceptors (Lipinski definition) is 4. The van der Waals surface area contributed by atoms with Crippen LogP contribution in [0, 0.1) is 0 Å². The zero-order valence-corrected chi connectivity index (χ0v) is 10.6. The van der Waals surface area contributed by atoms with E-state index in [4.69, 9.17) is 9.47 Å². The molecule has 1 rings (SSSR count). The zero-order valence-electron chi connectivity index (χ0n) is 10.6. The lowest BCUT2D eigenvalue weighted by Crippen LogP contribution is -2.04. The van der Waals surface area contributed by atoms with E-state index in [0.29, 0.717) is 17.1 Å². The summed E-state index contributed by atoms with van der Waals surface area (Å²) in [5.74, 6) is 1.06. The number of methoxy groups -OCH3 is 2. The van der Waals surface area contributed by atoms with Gasteiger partial charge in [0.25, 0.3) is 0 Å². The van der Waals surface area contributed by atoms with Gasteiger partial charge in [-0.25, -0.2) is 0 Å². The van der Waals surface area contributed by atoms with Crippen LogP contribution in [0.15, 0.2) is 30.5 Å². The van der Waals surface area contributed by atoms with Crippen molar-refractivity contribution in [3.05, 3.63) is 36.0 Å².